The molecular formula is C48H97NO4. The van der Waals surface area contributed by atoms with Crippen LogP contribution in [0.3, 0.4) is 0 Å². The van der Waals surface area contributed by atoms with Gasteiger partial charge in [-0.1, -0.05) is 182 Å². The molecule has 0 aromatic heterocycles. The monoisotopic (exact) mass is 752 g/mol. The third kappa shape index (κ3) is 36.7. The molecule has 0 aliphatic heterocycles. The summed E-state index contributed by atoms with van der Waals surface area (Å²) in [5.41, 5.74) is 0.0761. The summed E-state index contributed by atoms with van der Waals surface area (Å²) in [7, 11) is 0. The van der Waals surface area contributed by atoms with Crippen LogP contribution in [-0.2, 0) is 14.3 Å². The molecule has 53 heavy (non-hydrogen) atoms. The summed E-state index contributed by atoms with van der Waals surface area (Å²) in [5, 5.41) is 9.61. The summed E-state index contributed by atoms with van der Waals surface area (Å²) in [5.74, 6) is 0.0307. The van der Waals surface area contributed by atoms with Gasteiger partial charge in [-0.3, -0.25) is 4.79 Å². The van der Waals surface area contributed by atoms with E-state index in [0.29, 0.717) is 6.42 Å². The highest BCUT2D eigenvalue weighted by atomic mass is 16.5. The molecule has 0 aromatic carbocycles. The minimum absolute atomic E-state index is 0.0307. The number of carbonyl (C=O) groups excluding carboxylic acids is 1. The number of hydrogen-bond acceptors (Lipinski definition) is 5. The highest BCUT2D eigenvalue weighted by Gasteiger charge is 2.23. The molecular weight excluding hydrogens is 655 g/mol. The van der Waals surface area contributed by atoms with Crippen molar-refractivity contribution >= 4 is 5.97 Å². The van der Waals surface area contributed by atoms with Crippen LogP contribution < -0.4 is 0 Å². The van der Waals surface area contributed by atoms with Crippen LogP contribution >= 0.6 is 0 Å². The molecule has 0 bridgehead atoms. The smallest absolute Gasteiger partial charge is 0.306 e. The van der Waals surface area contributed by atoms with Gasteiger partial charge in [0.25, 0.3) is 0 Å². The minimum atomic E-state index is 0.0307. The Kier molecular flexibility index (Phi) is 40.5. The van der Waals surface area contributed by atoms with Gasteiger partial charge in [-0.15, -0.1) is 0 Å². The number of ether oxygens (including phenoxy) is 2. The number of aliphatic hydroxyl groups excluding tert-OH is 1. The van der Waals surface area contributed by atoms with Crippen molar-refractivity contribution in [2.75, 3.05) is 32.8 Å². The quantitative estimate of drug-likeness (QED) is 0.0496. The van der Waals surface area contributed by atoms with E-state index in [1.807, 2.05) is 0 Å². The van der Waals surface area contributed by atoms with E-state index < -0.39 is 0 Å². The lowest BCUT2D eigenvalue weighted by Gasteiger charge is -2.30. The van der Waals surface area contributed by atoms with Crippen LogP contribution in [0.2, 0.25) is 0 Å². The van der Waals surface area contributed by atoms with Crippen LogP contribution in [0.15, 0.2) is 0 Å². The number of carbonyl (C=O) groups is 1. The summed E-state index contributed by atoms with van der Waals surface area (Å²) < 4.78 is 12.5. The minimum Gasteiger partial charge on any atom is -0.462 e. The van der Waals surface area contributed by atoms with Gasteiger partial charge in [-0.25, -0.2) is 0 Å². The molecule has 5 heteroatoms. The van der Waals surface area contributed by atoms with Gasteiger partial charge in [0.05, 0.1) is 12.2 Å². The molecule has 318 valence electrons. The fourth-order valence-electron chi connectivity index (χ4n) is 7.96. The van der Waals surface area contributed by atoms with E-state index >= 15 is 0 Å². The maximum atomic E-state index is 12.7. The van der Waals surface area contributed by atoms with Crippen LogP contribution in [0.1, 0.15) is 259 Å². The fraction of sp³-hybridized carbons (Fsp3) is 0.979. The van der Waals surface area contributed by atoms with Gasteiger partial charge in [-0.2, -0.15) is 0 Å². The molecule has 1 N–H and O–H groups in total. The lowest BCUT2D eigenvalue weighted by Crippen LogP contribution is -2.29. The molecule has 5 nitrogen and oxygen atoms in total. The van der Waals surface area contributed by atoms with E-state index in [-0.39, 0.29) is 24.3 Å². The summed E-state index contributed by atoms with van der Waals surface area (Å²) in [4.78, 5) is 15.2. The standard InChI is InChI=1S/C48H97NO4/c1-6-10-13-16-22-29-36-46(37-30-23-17-14-11-7-2)53-47(51)38-31-24-21-27-34-42-49(43-44-50)41-33-26-19-20-28-35-45-52-48(5,39-9-4)40-32-25-18-15-12-8-3/h46,50H,6-45H2,1-5H3. The van der Waals surface area contributed by atoms with E-state index in [1.54, 1.807) is 0 Å². The van der Waals surface area contributed by atoms with E-state index in [0.717, 1.165) is 51.9 Å². The summed E-state index contributed by atoms with van der Waals surface area (Å²) in [6.07, 6.45) is 43.2. The van der Waals surface area contributed by atoms with Gasteiger partial charge in [0.2, 0.25) is 0 Å². The molecule has 1 atom stereocenters. The number of esters is 1. The first-order valence-corrected chi connectivity index (χ1v) is 24.1. The third-order valence-electron chi connectivity index (χ3n) is 11.5. The molecule has 0 fully saturated rings. The van der Waals surface area contributed by atoms with Crippen LogP contribution in [0.5, 0.6) is 0 Å². The Labute approximate surface area is 333 Å². The number of rotatable bonds is 44. The normalized spacial score (nSPS) is 13.0. The Balaban J connectivity index is 4.06. The molecule has 1 unspecified atom stereocenters. The van der Waals surface area contributed by atoms with Crippen molar-refractivity contribution in [2.24, 2.45) is 0 Å². The Morgan fingerprint density at radius 2 is 0.943 bits per heavy atom. The molecule has 0 rings (SSSR count). The molecule has 0 aliphatic rings. The number of nitrogens with zero attached hydrogens (tertiary/aromatic N) is 1. The second-order valence-corrected chi connectivity index (χ2v) is 17.0. The van der Waals surface area contributed by atoms with Crippen LogP contribution in [0.4, 0.5) is 0 Å². The first-order chi connectivity index (χ1) is 25.9. The van der Waals surface area contributed by atoms with Crippen molar-refractivity contribution in [3.8, 4) is 0 Å². The zero-order valence-electron chi connectivity index (χ0n) is 37.0. The molecule has 0 radical (unpaired) electrons. The van der Waals surface area contributed by atoms with E-state index in [4.69, 9.17) is 9.47 Å². The van der Waals surface area contributed by atoms with Crippen LogP contribution in [0, 0.1) is 0 Å². The topological polar surface area (TPSA) is 59.0 Å². The average Bonchev–Trinajstić information content (AvgIpc) is 3.14. The van der Waals surface area contributed by atoms with Crippen LogP contribution in [-0.4, -0.2) is 60.5 Å². The zero-order valence-corrected chi connectivity index (χ0v) is 37.0. The average molecular weight is 752 g/mol. The highest BCUT2D eigenvalue weighted by Crippen LogP contribution is 2.26. The van der Waals surface area contributed by atoms with E-state index in [9.17, 15) is 9.90 Å². The van der Waals surface area contributed by atoms with Crippen molar-refractivity contribution in [1.82, 2.24) is 4.90 Å². The molecule has 0 saturated heterocycles. The van der Waals surface area contributed by atoms with Gasteiger partial charge in [0, 0.05) is 19.6 Å². The molecule has 0 saturated carbocycles. The third-order valence-corrected chi connectivity index (χ3v) is 11.5. The number of unbranched alkanes of at least 4 members (excludes halogenated alkanes) is 24. The molecule has 0 aromatic rings. The largest absolute Gasteiger partial charge is 0.462 e. The summed E-state index contributed by atoms with van der Waals surface area (Å²) >= 11 is 0. The van der Waals surface area contributed by atoms with Gasteiger partial charge >= 0.3 is 5.97 Å². The highest BCUT2D eigenvalue weighted by molar-refractivity contribution is 5.69. The van der Waals surface area contributed by atoms with Crippen molar-refractivity contribution in [3.63, 3.8) is 0 Å². The molecule has 0 spiro atoms. The molecule has 0 heterocycles. The SMILES string of the molecule is CCCCCCCCC(CCCCCCCC)OC(=O)CCCCCCCN(CCO)CCCCCCCCOC(C)(CCC)CCCCCCCC. The van der Waals surface area contributed by atoms with E-state index in [2.05, 4.69) is 39.5 Å². The lowest BCUT2D eigenvalue weighted by atomic mass is 9.92. The number of hydrogen-bond donors (Lipinski definition) is 1. The van der Waals surface area contributed by atoms with Gasteiger partial charge in [-0.05, 0) is 84.2 Å². The van der Waals surface area contributed by atoms with E-state index in [1.165, 1.54) is 193 Å². The van der Waals surface area contributed by atoms with Gasteiger partial charge in [0.15, 0.2) is 0 Å². The van der Waals surface area contributed by atoms with Gasteiger partial charge < -0.3 is 19.5 Å². The van der Waals surface area contributed by atoms with Crippen molar-refractivity contribution in [1.29, 1.82) is 0 Å². The fourth-order valence-corrected chi connectivity index (χ4v) is 7.96. The predicted molar refractivity (Wildman–Crippen MR) is 232 cm³/mol. The first kappa shape index (κ1) is 52.3. The Morgan fingerprint density at radius 1 is 0.509 bits per heavy atom. The predicted octanol–water partition coefficient (Wildman–Crippen LogP) is 14.7. The second kappa shape index (κ2) is 41.0. The van der Waals surface area contributed by atoms with Crippen molar-refractivity contribution < 1.29 is 19.4 Å². The molecule has 0 amide bonds. The Hall–Kier alpha value is -0.650. The first-order valence-electron chi connectivity index (χ1n) is 24.1. The number of aliphatic hydroxyl groups is 1. The van der Waals surface area contributed by atoms with Crippen LogP contribution in [0.25, 0.3) is 0 Å². The summed E-state index contributed by atoms with van der Waals surface area (Å²) in [6.45, 7) is 15.6. The van der Waals surface area contributed by atoms with Crippen molar-refractivity contribution in [2.45, 2.75) is 271 Å². The Morgan fingerprint density at radius 3 is 1.43 bits per heavy atom. The maximum absolute atomic E-state index is 12.7. The lowest BCUT2D eigenvalue weighted by molar-refractivity contribution is -0.150. The zero-order chi connectivity index (χ0) is 38.9. The maximum Gasteiger partial charge on any atom is 0.306 e. The second-order valence-electron chi connectivity index (χ2n) is 17.0. The Bertz CT molecular complexity index is 716. The van der Waals surface area contributed by atoms with Gasteiger partial charge in [0.1, 0.15) is 6.10 Å². The summed E-state index contributed by atoms with van der Waals surface area (Å²) in [6, 6.07) is 0. The van der Waals surface area contributed by atoms with Crippen molar-refractivity contribution in [3.05, 3.63) is 0 Å². The molecule has 0 aliphatic carbocycles.